The number of benzene rings is 1. The van der Waals surface area contributed by atoms with Crippen molar-refractivity contribution in [3.8, 4) is 6.07 Å². The van der Waals surface area contributed by atoms with Gasteiger partial charge in [-0.1, -0.05) is 31.0 Å². The second-order valence-corrected chi connectivity index (χ2v) is 12.8. The van der Waals surface area contributed by atoms with Crippen LogP contribution in [0.15, 0.2) is 24.3 Å². The van der Waals surface area contributed by atoms with Crippen molar-refractivity contribution in [2.45, 2.75) is 82.0 Å². The molecule has 6 rings (SSSR count). The number of nitriles is 1. The molecule has 2 N–H and O–H groups in total. The molecule has 10 heteroatoms. The van der Waals surface area contributed by atoms with Crippen LogP contribution in [0.2, 0.25) is 0 Å². The first-order valence-electron chi connectivity index (χ1n) is 13.9. The predicted molar refractivity (Wildman–Crippen MR) is 140 cm³/mol. The number of nitrogens with zero attached hydrogens (tertiary/aromatic N) is 3. The molecule has 206 valence electrons. The molecular weight excluding hydrogens is 498 g/mol. The molecule has 4 unspecified atom stereocenters. The molecule has 4 amide bonds. The summed E-state index contributed by atoms with van der Waals surface area (Å²) in [4.78, 5) is 57.4. The van der Waals surface area contributed by atoms with Crippen LogP contribution < -0.4 is 15.5 Å². The normalized spacial score (nSPS) is 31.5. The second-order valence-electron chi connectivity index (χ2n) is 12.8. The monoisotopic (exact) mass is 533 g/mol. The van der Waals surface area contributed by atoms with Gasteiger partial charge >= 0.3 is 6.09 Å². The van der Waals surface area contributed by atoms with Crippen LogP contribution in [-0.2, 0) is 24.5 Å². The van der Waals surface area contributed by atoms with Gasteiger partial charge < -0.3 is 15.4 Å². The first-order valence-corrected chi connectivity index (χ1v) is 13.9. The number of piperidine rings is 1. The maximum Gasteiger partial charge on any atom is 0.410 e. The van der Waals surface area contributed by atoms with Gasteiger partial charge in [-0.15, -0.1) is 0 Å². The summed E-state index contributed by atoms with van der Waals surface area (Å²) in [6.45, 7) is 6.11. The highest BCUT2D eigenvalue weighted by Gasteiger charge is 2.59. The molecule has 3 heterocycles. The lowest BCUT2D eigenvalue weighted by Crippen LogP contribution is -2.57. The number of hydrogen-bond acceptors (Lipinski definition) is 7. The Morgan fingerprint density at radius 2 is 2.00 bits per heavy atom. The van der Waals surface area contributed by atoms with E-state index < -0.39 is 41.1 Å². The molecule has 10 nitrogen and oxygen atoms in total. The van der Waals surface area contributed by atoms with Crippen molar-refractivity contribution in [3.05, 3.63) is 29.8 Å². The lowest BCUT2D eigenvalue weighted by atomic mass is 9.79. The summed E-state index contributed by atoms with van der Waals surface area (Å²) >= 11 is 0. The van der Waals surface area contributed by atoms with Gasteiger partial charge in [0.1, 0.15) is 17.7 Å². The number of carbonyl (C=O) groups excluding carboxylic acids is 4. The minimum absolute atomic E-state index is 0.0547. The van der Waals surface area contributed by atoms with E-state index in [0.29, 0.717) is 31.0 Å². The summed E-state index contributed by atoms with van der Waals surface area (Å²) in [5.41, 5.74) is -0.422. The quantitative estimate of drug-likeness (QED) is 0.593. The first kappa shape index (κ1) is 25.8. The number of likely N-dealkylation sites (tertiary alicyclic amines) is 1. The van der Waals surface area contributed by atoms with Crippen molar-refractivity contribution in [1.29, 1.82) is 5.26 Å². The van der Waals surface area contributed by atoms with Gasteiger partial charge in [0.2, 0.25) is 11.8 Å². The minimum Gasteiger partial charge on any atom is -0.444 e. The van der Waals surface area contributed by atoms with E-state index in [1.165, 1.54) is 9.80 Å². The third-order valence-electron chi connectivity index (χ3n) is 8.78. The number of carbonyl (C=O) groups is 4. The highest BCUT2D eigenvalue weighted by molar-refractivity contribution is 6.24. The summed E-state index contributed by atoms with van der Waals surface area (Å²) in [6, 6.07) is 7.36. The molecule has 6 atom stereocenters. The van der Waals surface area contributed by atoms with Gasteiger partial charge in [-0.2, -0.15) is 5.26 Å². The molecule has 2 saturated carbocycles. The maximum atomic E-state index is 14.1. The molecule has 3 aliphatic heterocycles. The van der Waals surface area contributed by atoms with E-state index in [4.69, 9.17) is 4.74 Å². The summed E-state index contributed by atoms with van der Waals surface area (Å²) in [7, 11) is 0. The average Bonchev–Trinajstić information content (AvgIpc) is 3.76. The number of fused-ring (bicyclic) bond motifs is 3. The van der Waals surface area contributed by atoms with Crippen molar-refractivity contribution in [1.82, 2.24) is 15.5 Å². The minimum atomic E-state index is -0.985. The highest BCUT2D eigenvalue weighted by Crippen LogP contribution is 2.50. The molecule has 1 aromatic carbocycles. The Morgan fingerprint density at radius 3 is 2.67 bits per heavy atom. The van der Waals surface area contributed by atoms with E-state index in [1.807, 2.05) is 12.1 Å². The van der Waals surface area contributed by atoms with Crippen LogP contribution in [-0.4, -0.2) is 65.5 Å². The van der Waals surface area contributed by atoms with E-state index in [-0.39, 0.29) is 30.2 Å². The Morgan fingerprint density at radius 1 is 1.26 bits per heavy atom. The van der Waals surface area contributed by atoms with Crippen LogP contribution >= 0.6 is 0 Å². The molecule has 4 fully saturated rings. The van der Waals surface area contributed by atoms with Crippen LogP contribution in [0.25, 0.3) is 0 Å². The fraction of sp³-hybridized carbons (Fsp3) is 0.621. The van der Waals surface area contributed by atoms with Crippen LogP contribution in [0, 0.1) is 29.1 Å². The number of nitrogens with one attached hydrogen (secondary N) is 2. The Kier molecular flexibility index (Phi) is 5.99. The number of hydrogen-bond donors (Lipinski definition) is 2. The Labute approximate surface area is 228 Å². The number of para-hydroxylation sites is 1. The van der Waals surface area contributed by atoms with Crippen LogP contribution in [0.1, 0.15) is 58.4 Å². The topological polar surface area (TPSA) is 132 Å². The molecule has 0 bridgehead atoms. The first-order chi connectivity index (χ1) is 18.5. The largest absolute Gasteiger partial charge is 0.444 e. The molecule has 1 aromatic rings. The SMILES string of the molecule is CC(C)(C)OC(=O)N1CC2CC2C1C(=O)NC(CC1CC1)C(=O)N1C(=O)[C@@]2(CN[C@H](C#N)C2)c2ccccc21. The van der Waals surface area contributed by atoms with E-state index >= 15 is 0 Å². The lowest BCUT2D eigenvalue weighted by Gasteiger charge is -2.31. The van der Waals surface area contributed by atoms with Crippen molar-refractivity contribution >= 4 is 29.5 Å². The van der Waals surface area contributed by atoms with Crippen molar-refractivity contribution in [2.24, 2.45) is 17.8 Å². The van der Waals surface area contributed by atoms with E-state index in [0.717, 1.165) is 24.8 Å². The third-order valence-corrected chi connectivity index (χ3v) is 8.78. The summed E-state index contributed by atoms with van der Waals surface area (Å²) in [5.74, 6) is -0.561. The van der Waals surface area contributed by atoms with Gasteiger partial charge in [-0.05, 0) is 69.4 Å². The molecule has 39 heavy (non-hydrogen) atoms. The average molecular weight is 534 g/mol. The molecule has 0 aromatic heterocycles. The van der Waals surface area contributed by atoms with Crippen molar-refractivity contribution < 1.29 is 23.9 Å². The van der Waals surface area contributed by atoms with E-state index in [9.17, 15) is 24.4 Å². The van der Waals surface area contributed by atoms with Gasteiger partial charge in [0.25, 0.3) is 5.91 Å². The Hall–Kier alpha value is -3.45. The zero-order valence-electron chi connectivity index (χ0n) is 22.6. The number of rotatable bonds is 5. The number of anilines is 1. The predicted octanol–water partition coefficient (Wildman–Crippen LogP) is 2.22. The molecule has 1 spiro atoms. The smallest absolute Gasteiger partial charge is 0.410 e. The number of imide groups is 1. The summed E-state index contributed by atoms with van der Waals surface area (Å²) < 4.78 is 5.56. The van der Waals surface area contributed by atoms with Gasteiger partial charge in [-0.3, -0.25) is 19.3 Å². The standard InChI is InChI=1S/C29H35N5O5/c1-28(2,3)39-27(38)33-14-17-11-19(17)23(33)24(35)32-21(10-16-8-9-16)25(36)34-22-7-5-4-6-20(22)29(26(34)37)12-18(13-30)31-15-29/h4-7,16-19,21,23,31H,8-12,14-15H2,1-3H3,(H,32,35)/t17?,18-,19?,21?,23?,29-/m0/s1. The fourth-order valence-corrected chi connectivity index (χ4v) is 6.61. The van der Waals surface area contributed by atoms with Gasteiger partial charge in [-0.25, -0.2) is 9.69 Å². The molecule has 2 aliphatic carbocycles. The fourth-order valence-electron chi connectivity index (χ4n) is 6.61. The van der Waals surface area contributed by atoms with Crippen LogP contribution in [0.4, 0.5) is 10.5 Å². The highest BCUT2D eigenvalue weighted by atomic mass is 16.6. The van der Waals surface area contributed by atoms with Gasteiger partial charge in [0, 0.05) is 13.1 Å². The van der Waals surface area contributed by atoms with E-state index in [1.54, 1.807) is 32.9 Å². The third kappa shape index (κ3) is 4.46. The summed E-state index contributed by atoms with van der Waals surface area (Å²) in [6.07, 6.45) is 3.02. The van der Waals surface area contributed by atoms with Crippen LogP contribution in [0.3, 0.4) is 0 Å². The summed E-state index contributed by atoms with van der Waals surface area (Å²) in [5, 5.41) is 15.5. The molecular formula is C29H35N5O5. The molecule has 2 saturated heterocycles. The lowest BCUT2D eigenvalue weighted by molar-refractivity contribution is -0.134. The molecule has 5 aliphatic rings. The number of ether oxygens (including phenoxy) is 1. The zero-order chi connectivity index (χ0) is 27.7. The maximum absolute atomic E-state index is 14.1. The van der Waals surface area contributed by atoms with Gasteiger partial charge in [0.05, 0.1) is 23.2 Å². The Bertz CT molecular complexity index is 1280. The molecule has 0 radical (unpaired) electrons. The number of amides is 4. The van der Waals surface area contributed by atoms with E-state index in [2.05, 4.69) is 16.7 Å². The Balaban J connectivity index is 1.25. The zero-order valence-corrected chi connectivity index (χ0v) is 22.6. The van der Waals surface area contributed by atoms with Crippen molar-refractivity contribution in [2.75, 3.05) is 18.0 Å². The van der Waals surface area contributed by atoms with Crippen LogP contribution in [0.5, 0.6) is 0 Å². The second kappa shape index (κ2) is 9.05. The van der Waals surface area contributed by atoms with Crippen molar-refractivity contribution in [3.63, 3.8) is 0 Å². The van der Waals surface area contributed by atoms with Gasteiger partial charge in [0.15, 0.2) is 0 Å².